The van der Waals surface area contributed by atoms with E-state index in [4.69, 9.17) is 5.73 Å². The maximum atomic E-state index is 6.01. The van der Waals surface area contributed by atoms with E-state index in [9.17, 15) is 0 Å². The molecule has 0 radical (unpaired) electrons. The van der Waals surface area contributed by atoms with Crippen molar-refractivity contribution in [2.45, 2.75) is 32.4 Å². The number of hydrogen-bond acceptors (Lipinski definition) is 4. The van der Waals surface area contributed by atoms with Crippen molar-refractivity contribution in [3.05, 3.63) is 42.4 Å². The third-order valence-electron chi connectivity index (χ3n) is 4.41. The predicted octanol–water partition coefficient (Wildman–Crippen LogP) is 1.16. The highest BCUT2D eigenvalue weighted by molar-refractivity contribution is 5.77. The summed E-state index contributed by atoms with van der Waals surface area (Å²) in [5, 5.41) is 7.44. The van der Waals surface area contributed by atoms with Gasteiger partial charge in [-0.2, -0.15) is 5.10 Å². The summed E-state index contributed by atoms with van der Waals surface area (Å²) in [6, 6.07) is 6.35. The van der Waals surface area contributed by atoms with Crippen molar-refractivity contribution >= 4 is 5.96 Å². The molecule has 0 spiro atoms. The quantitative estimate of drug-likeness (QED) is 0.614. The predicted molar refractivity (Wildman–Crippen MR) is 95.0 cm³/mol. The van der Waals surface area contributed by atoms with Crippen molar-refractivity contribution < 1.29 is 0 Å². The number of guanidine groups is 1. The molecule has 0 amide bonds. The van der Waals surface area contributed by atoms with E-state index in [1.165, 1.54) is 19.4 Å². The van der Waals surface area contributed by atoms with E-state index in [0.717, 1.165) is 24.5 Å². The molecule has 1 fully saturated rings. The Morgan fingerprint density at radius 2 is 2.38 bits per heavy atom. The van der Waals surface area contributed by atoms with Crippen LogP contribution in [-0.4, -0.2) is 51.3 Å². The number of likely N-dealkylation sites (tertiary alicyclic amines) is 1. The van der Waals surface area contributed by atoms with Gasteiger partial charge in [-0.1, -0.05) is 6.92 Å². The monoisotopic (exact) mass is 327 g/mol. The number of nitrogens with zero attached hydrogens (tertiary/aromatic N) is 5. The molecule has 3 rings (SSSR count). The van der Waals surface area contributed by atoms with Crippen LogP contribution in [0.2, 0.25) is 0 Å². The minimum absolute atomic E-state index is 0.496. The molecule has 1 saturated heterocycles. The van der Waals surface area contributed by atoms with Crippen molar-refractivity contribution in [3.8, 4) is 5.82 Å². The zero-order valence-electron chi connectivity index (χ0n) is 14.1. The van der Waals surface area contributed by atoms with E-state index in [0.29, 0.717) is 18.5 Å². The number of rotatable bonds is 6. The summed E-state index contributed by atoms with van der Waals surface area (Å²) in [5.74, 6) is 1.28. The average molecular weight is 327 g/mol. The maximum Gasteiger partial charge on any atom is 0.188 e. The molecular formula is C17H25N7. The van der Waals surface area contributed by atoms with Gasteiger partial charge in [0.15, 0.2) is 11.8 Å². The molecule has 3 heterocycles. The first kappa shape index (κ1) is 16.4. The second-order valence-electron chi connectivity index (χ2n) is 5.98. The molecule has 24 heavy (non-hydrogen) atoms. The standard InChI is InChI=1S/C17H25N7/c1-2-23-9-3-5-15(23)13-21-17(18)20-12-14-6-8-19-16(11-14)24-10-4-7-22-24/h4,6-8,10-11,15H,2-3,5,9,12-13H2,1H3,(H3,18,20,21). The molecule has 0 bridgehead atoms. The van der Waals surface area contributed by atoms with Crippen LogP contribution in [0.15, 0.2) is 41.8 Å². The lowest BCUT2D eigenvalue weighted by Gasteiger charge is -2.23. The van der Waals surface area contributed by atoms with Gasteiger partial charge in [0.2, 0.25) is 0 Å². The van der Waals surface area contributed by atoms with Crippen LogP contribution in [0.1, 0.15) is 25.3 Å². The Bertz CT molecular complexity index is 665. The smallest absolute Gasteiger partial charge is 0.188 e. The normalized spacial score (nSPS) is 18.9. The fourth-order valence-electron chi connectivity index (χ4n) is 3.09. The SMILES string of the molecule is CCN1CCCC1CNC(N)=NCc1ccnc(-n2cccn2)c1. The van der Waals surface area contributed by atoms with Gasteiger partial charge in [0.1, 0.15) is 0 Å². The van der Waals surface area contributed by atoms with Crippen molar-refractivity contribution in [3.63, 3.8) is 0 Å². The summed E-state index contributed by atoms with van der Waals surface area (Å²) < 4.78 is 1.73. The Kier molecular flexibility index (Phi) is 5.43. The molecule has 0 aromatic carbocycles. The van der Waals surface area contributed by atoms with Crippen molar-refractivity contribution in [2.75, 3.05) is 19.6 Å². The summed E-state index contributed by atoms with van der Waals surface area (Å²) >= 11 is 0. The number of aliphatic imine (C=N–C) groups is 1. The van der Waals surface area contributed by atoms with Gasteiger partial charge < -0.3 is 11.1 Å². The molecule has 0 aliphatic carbocycles. The Morgan fingerprint density at radius 1 is 1.46 bits per heavy atom. The van der Waals surface area contributed by atoms with Gasteiger partial charge in [-0.05, 0) is 49.7 Å². The lowest BCUT2D eigenvalue weighted by molar-refractivity contribution is 0.267. The second-order valence-corrected chi connectivity index (χ2v) is 5.98. The van der Waals surface area contributed by atoms with E-state index in [-0.39, 0.29) is 0 Å². The Hall–Kier alpha value is -2.41. The van der Waals surface area contributed by atoms with Gasteiger partial charge in [-0.15, -0.1) is 0 Å². The van der Waals surface area contributed by atoms with Crippen LogP contribution >= 0.6 is 0 Å². The van der Waals surface area contributed by atoms with Gasteiger partial charge in [0.25, 0.3) is 0 Å². The minimum Gasteiger partial charge on any atom is -0.370 e. The number of nitrogens with two attached hydrogens (primary N) is 1. The van der Waals surface area contributed by atoms with Crippen molar-refractivity contribution in [2.24, 2.45) is 10.7 Å². The van der Waals surface area contributed by atoms with E-state index < -0.39 is 0 Å². The van der Waals surface area contributed by atoms with Crippen LogP contribution in [0.3, 0.4) is 0 Å². The molecule has 7 heteroatoms. The van der Waals surface area contributed by atoms with Gasteiger partial charge in [-0.25, -0.2) is 14.7 Å². The van der Waals surface area contributed by atoms with Gasteiger partial charge in [-0.3, -0.25) is 4.90 Å². The van der Waals surface area contributed by atoms with Crippen LogP contribution < -0.4 is 11.1 Å². The molecule has 1 atom stereocenters. The van der Waals surface area contributed by atoms with Crippen molar-refractivity contribution in [1.82, 2.24) is 25.0 Å². The Labute approximate surface area is 142 Å². The maximum absolute atomic E-state index is 6.01. The number of aromatic nitrogens is 3. The van der Waals surface area contributed by atoms with Crippen LogP contribution in [0.25, 0.3) is 5.82 Å². The van der Waals surface area contributed by atoms with E-state index in [2.05, 4.69) is 32.2 Å². The zero-order valence-corrected chi connectivity index (χ0v) is 14.1. The third kappa shape index (κ3) is 4.11. The molecule has 0 saturated carbocycles. The topological polar surface area (TPSA) is 84.4 Å². The van der Waals surface area contributed by atoms with Crippen LogP contribution in [0.5, 0.6) is 0 Å². The molecule has 1 aliphatic heterocycles. The Balaban J connectivity index is 1.54. The summed E-state index contributed by atoms with van der Waals surface area (Å²) in [6.45, 7) is 5.87. The molecule has 1 aliphatic rings. The summed E-state index contributed by atoms with van der Waals surface area (Å²) in [7, 11) is 0. The highest BCUT2D eigenvalue weighted by Gasteiger charge is 2.22. The minimum atomic E-state index is 0.496. The summed E-state index contributed by atoms with van der Waals surface area (Å²) in [4.78, 5) is 11.2. The van der Waals surface area contributed by atoms with E-state index in [1.807, 2.05) is 24.4 Å². The van der Waals surface area contributed by atoms with Crippen LogP contribution in [0, 0.1) is 0 Å². The zero-order chi connectivity index (χ0) is 16.8. The molecule has 3 N–H and O–H groups in total. The third-order valence-corrected chi connectivity index (χ3v) is 4.41. The van der Waals surface area contributed by atoms with Crippen LogP contribution in [0.4, 0.5) is 0 Å². The van der Waals surface area contributed by atoms with Gasteiger partial charge >= 0.3 is 0 Å². The first-order valence-corrected chi connectivity index (χ1v) is 8.49. The lowest BCUT2D eigenvalue weighted by Crippen LogP contribution is -2.42. The number of hydrogen-bond donors (Lipinski definition) is 2. The first-order valence-electron chi connectivity index (χ1n) is 8.49. The first-order chi connectivity index (χ1) is 11.8. The Morgan fingerprint density at radius 3 is 3.17 bits per heavy atom. The van der Waals surface area contributed by atoms with E-state index >= 15 is 0 Å². The molecule has 7 nitrogen and oxygen atoms in total. The van der Waals surface area contributed by atoms with Gasteiger partial charge in [0, 0.05) is 31.2 Å². The largest absolute Gasteiger partial charge is 0.370 e. The van der Waals surface area contributed by atoms with Crippen LogP contribution in [-0.2, 0) is 6.54 Å². The lowest BCUT2D eigenvalue weighted by atomic mass is 10.2. The number of nitrogens with one attached hydrogen (secondary N) is 1. The fourth-order valence-corrected chi connectivity index (χ4v) is 3.09. The highest BCUT2D eigenvalue weighted by atomic mass is 15.3. The molecule has 1 unspecified atom stereocenters. The number of likely N-dealkylation sites (N-methyl/N-ethyl adjacent to an activating group) is 1. The van der Waals surface area contributed by atoms with Gasteiger partial charge in [0.05, 0.1) is 6.54 Å². The second kappa shape index (κ2) is 7.92. The molecule has 128 valence electrons. The highest BCUT2D eigenvalue weighted by Crippen LogP contribution is 2.15. The van der Waals surface area contributed by atoms with E-state index in [1.54, 1.807) is 17.1 Å². The summed E-state index contributed by atoms with van der Waals surface area (Å²) in [5.41, 5.74) is 7.06. The molecule has 2 aromatic heterocycles. The summed E-state index contributed by atoms with van der Waals surface area (Å²) in [6.07, 6.45) is 7.86. The molecular weight excluding hydrogens is 302 g/mol. The molecule has 2 aromatic rings. The van der Waals surface area contributed by atoms with Crippen molar-refractivity contribution in [1.29, 1.82) is 0 Å². The fraction of sp³-hybridized carbons (Fsp3) is 0.471. The number of pyridine rings is 1. The average Bonchev–Trinajstić information content (AvgIpc) is 3.29.